The van der Waals surface area contributed by atoms with Crippen molar-refractivity contribution >= 4 is 43.9 Å². The highest BCUT2D eigenvalue weighted by molar-refractivity contribution is 7.92. The van der Waals surface area contributed by atoms with Crippen LogP contribution in [0.2, 0.25) is 0 Å². The number of rotatable bonds is 7. The highest BCUT2D eigenvalue weighted by Crippen LogP contribution is 2.32. The maximum Gasteiger partial charge on any atom is 0.262 e. The van der Waals surface area contributed by atoms with E-state index < -0.39 is 49.4 Å². The summed E-state index contributed by atoms with van der Waals surface area (Å²) in [6, 6.07) is 9.07. The van der Waals surface area contributed by atoms with E-state index in [9.17, 15) is 22.0 Å². The number of halogens is 3. The first-order valence-electron chi connectivity index (χ1n) is 11.5. The number of nitrogens with zero attached hydrogens (tertiary/aromatic N) is 4. The first-order valence-corrected chi connectivity index (χ1v) is 13.8. The lowest BCUT2D eigenvalue weighted by atomic mass is 10.0. The summed E-state index contributed by atoms with van der Waals surface area (Å²) in [7, 11) is -4.44. The second-order valence-corrected chi connectivity index (χ2v) is 11.1. The Morgan fingerprint density at radius 1 is 1.02 bits per heavy atom. The number of aromatic amines is 1. The third-order valence-electron chi connectivity index (χ3n) is 5.92. The summed E-state index contributed by atoms with van der Waals surface area (Å²) in [5.74, 6) is -4.47. The largest absolute Gasteiger partial charge is 0.345 e. The fourth-order valence-electron chi connectivity index (χ4n) is 4.02. The van der Waals surface area contributed by atoms with Gasteiger partial charge in [0.15, 0.2) is 5.82 Å². The lowest BCUT2D eigenvalue weighted by molar-refractivity contribution is 0.103. The minimum absolute atomic E-state index is 0.0795. The molecule has 4 aromatic heterocycles. The number of ketones is 1. The number of thiazole rings is 1. The SMILES string of the molecule is O=C(c1c(F)ccc(NS(=O)(=O)c2cccc(F)c2)c1F)c1c[nH]c2ncc(-c3cnc(-n4cccn4)s3)cc12. The van der Waals surface area contributed by atoms with Gasteiger partial charge in [0.25, 0.3) is 10.0 Å². The number of fused-ring (bicyclic) bond motifs is 1. The third kappa shape index (κ3) is 4.52. The normalized spacial score (nSPS) is 11.7. The Kier molecular flexibility index (Phi) is 6.19. The molecule has 9 nitrogen and oxygen atoms in total. The molecule has 0 saturated carbocycles. The van der Waals surface area contributed by atoms with Gasteiger partial charge in [-0.3, -0.25) is 9.52 Å². The average Bonchev–Trinajstić information content (AvgIpc) is 3.70. The summed E-state index contributed by atoms with van der Waals surface area (Å²) in [6.45, 7) is 0. The van der Waals surface area contributed by atoms with Crippen molar-refractivity contribution < 1.29 is 26.4 Å². The summed E-state index contributed by atoms with van der Waals surface area (Å²) < 4.78 is 72.8. The van der Waals surface area contributed by atoms with Crippen molar-refractivity contribution in [1.82, 2.24) is 24.7 Å². The van der Waals surface area contributed by atoms with E-state index in [1.54, 1.807) is 41.6 Å². The predicted octanol–water partition coefficient (Wildman–Crippen LogP) is 5.32. The van der Waals surface area contributed by atoms with E-state index in [2.05, 4.69) is 20.1 Å². The molecule has 0 spiro atoms. The smallest absolute Gasteiger partial charge is 0.262 e. The first kappa shape index (κ1) is 25.5. The van der Waals surface area contributed by atoms with Crippen LogP contribution in [0.4, 0.5) is 18.9 Å². The van der Waals surface area contributed by atoms with Crippen molar-refractivity contribution in [3.05, 3.63) is 108 Å². The average molecular weight is 581 g/mol. The summed E-state index contributed by atoms with van der Waals surface area (Å²) in [5, 5.41) is 5.04. The number of H-pyrrole nitrogens is 1. The lowest BCUT2D eigenvalue weighted by Gasteiger charge is -2.12. The van der Waals surface area contributed by atoms with E-state index >= 15 is 4.39 Å². The van der Waals surface area contributed by atoms with Crippen LogP contribution < -0.4 is 4.72 Å². The van der Waals surface area contributed by atoms with E-state index in [0.29, 0.717) is 26.6 Å². The van der Waals surface area contributed by atoms with Gasteiger partial charge in [0.05, 0.1) is 21.0 Å². The Labute approximate surface area is 228 Å². The summed E-state index contributed by atoms with van der Waals surface area (Å²) in [6.07, 6.45) is 7.81. The molecule has 0 amide bonds. The van der Waals surface area contributed by atoms with Crippen LogP contribution in [0.1, 0.15) is 15.9 Å². The van der Waals surface area contributed by atoms with Crippen molar-refractivity contribution in [1.29, 1.82) is 0 Å². The van der Waals surface area contributed by atoms with Gasteiger partial charge in [0, 0.05) is 47.5 Å². The van der Waals surface area contributed by atoms with E-state index in [1.165, 1.54) is 23.6 Å². The molecule has 0 aliphatic carbocycles. The summed E-state index contributed by atoms with van der Waals surface area (Å²) in [4.78, 5) is 25.1. The Morgan fingerprint density at radius 3 is 2.65 bits per heavy atom. The molecule has 0 bridgehead atoms. The predicted molar refractivity (Wildman–Crippen MR) is 141 cm³/mol. The van der Waals surface area contributed by atoms with Crippen LogP contribution in [0.3, 0.4) is 0 Å². The molecule has 0 fully saturated rings. The Balaban J connectivity index is 1.36. The Morgan fingerprint density at radius 2 is 1.88 bits per heavy atom. The molecule has 0 atom stereocenters. The number of hydrogen-bond acceptors (Lipinski definition) is 7. The highest BCUT2D eigenvalue weighted by atomic mass is 32.2. The first-order chi connectivity index (χ1) is 19.2. The highest BCUT2D eigenvalue weighted by Gasteiger charge is 2.27. The molecular weight excluding hydrogens is 565 g/mol. The fourth-order valence-corrected chi connectivity index (χ4v) is 5.95. The molecule has 6 rings (SSSR count). The zero-order valence-electron chi connectivity index (χ0n) is 20.0. The van der Waals surface area contributed by atoms with Gasteiger partial charge in [-0.05, 0) is 42.5 Å². The maximum atomic E-state index is 15.5. The molecule has 200 valence electrons. The zero-order chi connectivity index (χ0) is 28.0. The van der Waals surface area contributed by atoms with E-state index in [4.69, 9.17) is 0 Å². The maximum absolute atomic E-state index is 15.5. The monoisotopic (exact) mass is 580 g/mol. The van der Waals surface area contributed by atoms with Gasteiger partial charge in [0.1, 0.15) is 17.3 Å². The van der Waals surface area contributed by atoms with Crippen LogP contribution in [-0.2, 0) is 10.0 Å². The number of carbonyl (C=O) groups excluding carboxylic acids is 1. The fraction of sp³-hybridized carbons (Fsp3) is 0. The van der Waals surface area contributed by atoms with Crippen LogP contribution in [0.25, 0.3) is 26.6 Å². The number of pyridine rings is 1. The molecule has 14 heteroatoms. The lowest BCUT2D eigenvalue weighted by Crippen LogP contribution is -2.16. The Hall–Kier alpha value is -4.82. The molecule has 0 aliphatic heterocycles. The molecule has 0 saturated heterocycles. The molecule has 0 aliphatic rings. The van der Waals surface area contributed by atoms with Crippen LogP contribution in [-0.4, -0.2) is 38.9 Å². The molecule has 0 unspecified atom stereocenters. The van der Waals surface area contributed by atoms with Gasteiger partial charge in [-0.25, -0.2) is 36.2 Å². The number of benzene rings is 2. The van der Waals surface area contributed by atoms with Crippen molar-refractivity contribution in [3.63, 3.8) is 0 Å². The number of carbonyl (C=O) groups is 1. The Bertz CT molecular complexity index is 2020. The zero-order valence-corrected chi connectivity index (χ0v) is 21.6. The van der Waals surface area contributed by atoms with Crippen LogP contribution in [0, 0.1) is 17.5 Å². The summed E-state index contributed by atoms with van der Waals surface area (Å²) in [5.41, 5.74) is -0.820. The van der Waals surface area contributed by atoms with Crippen molar-refractivity contribution in [2.75, 3.05) is 4.72 Å². The molecule has 2 N–H and O–H groups in total. The molecule has 40 heavy (non-hydrogen) atoms. The van der Waals surface area contributed by atoms with Crippen LogP contribution >= 0.6 is 11.3 Å². The molecule has 0 radical (unpaired) electrons. The van der Waals surface area contributed by atoms with Crippen molar-refractivity contribution in [2.45, 2.75) is 4.90 Å². The van der Waals surface area contributed by atoms with E-state index in [1.807, 2.05) is 4.72 Å². The molecule has 4 heterocycles. The minimum Gasteiger partial charge on any atom is -0.345 e. The second kappa shape index (κ2) is 9.73. The van der Waals surface area contributed by atoms with Gasteiger partial charge in [0.2, 0.25) is 10.9 Å². The number of aromatic nitrogens is 5. The minimum atomic E-state index is -4.44. The van der Waals surface area contributed by atoms with Gasteiger partial charge in [-0.1, -0.05) is 17.4 Å². The second-order valence-electron chi connectivity index (χ2n) is 8.46. The number of nitrogens with one attached hydrogen (secondary N) is 2. The van der Waals surface area contributed by atoms with Gasteiger partial charge >= 0.3 is 0 Å². The third-order valence-corrected chi connectivity index (χ3v) is 8.32. The quantitative estimate of drug-likeness (QED) is 0.247. The molecule has 2 aromatic carbocycles. The number of sulfonamides is 1. The summed E-state index contributed by atoms with van der Waals surface area (Å²) >= 11 is 1.32. The van der Waals surface area contributed by atoms with Gasteiger partial charge in [-0.2, -0.15) is 5.10 Å². The molecule has 6 aromatic rings. The van der Waals surface area contributed by atoms with Crippen LogP contribution in [0.5, 0.6) is 0 Å². The van der Waals surface area contributed by atoms with Crippen molar-refractivity contribution in [2.24, 2.45) is 0 Å². The van der Waals surface area contributed by atoms with Crippen molar-refractivity contribution in [3.8, 4) is 15.6 Å². The van der Waals surface area contributed by atoms with Gasteiger partial charge in [-0.15, -0.1) is 0 Å². The van der Waals surface area contributed by atoms with E-state index in [-0.39, 0.29) is 5.56 Å². The molecular formula is C26H15F3N6O3S2. The van der Waals surface area contributed by atoms with Crippen LogP contribution in [0.15, 0.2) is 84.4 Å². The number of hydrogen-bond donors (Lipinski definition) is 2. The number of anilines is 1. The topological polar surface area (TPSA) is 123 Å². The van der Waals surface area contributed by atoms with E-state index in [0.717, 1.165) is 30.3 Å². The van der Waals surface area contributed by atoms with Gasteiger partial charge < -0.3 is 4.98 Å². The standard InChI is InChI=1S/C26H15F3N6O3S2/c27-15-3-1-4-16(10-15)40(37,38)34-20-6-5-19(28)22(23(20)29)24(36)18-12-31-25-17(18)9-14(11-30-25)21-13-32-26(39-21)35-8-2-7-33-35/h1-13,34H,(H,30,31).